The van der Waals surface area contributed by atoms with Gasteiger partial charge in [-0.2, -0.15) is 0 Å². The van der Waals surface area contributed by atoms with Gasteiger partial charge in [0.2, 0.25) is 10.0 Å². The highest BCUT2D eigenvalue weighted by atomic mass is 32.2. The first kappa shape index (κ1) is 17.0. The zero-order valence-electron chi connectivity index (χ0n) is 10.9. The minimum absolute atomic E-state index is 0.00754. The van der Waals surface area contributed by atoms with Gasteiger partial charge in [-0.3, -0.25) is 0 Å². The number of sulfone groups is 1. The maximum atomic E-state index is 12.1. The first-order valence-corrected chi connectivity index (χ1v) is 9.65. The third kappa shape index (κ3) is 5.16. The summed E-state index contributed by atoms with van der Waals surface area (Å²) in [6, 6.07) is 6.12. The molecule has 0 amide bonds. The van der Waals surface area contributed by atoms with E-state index < -0.39 is 19.9 Å². The Morgan fingerprint density at radius 3 is 2.40 bits per heavy atom. The van der Waals surface area contributed by atoms with Crippen molar-refractivity contribution in [2.24, 2.45) is 5.73 Å². The first-order chi connectivity index (χ1) is 9.13. The van der Waals surface area contributed by atoms with E-state index in [2.05, 4.69) is 4.72 Å². The minimum atomic E-state index is -3.77. The van der Waals surface area contributed by atoms with Gasteiger partial charge < -0.3 is 5.73 Å². The fourth-order valence-electron chi connectivity index (χ4n) is 1.52. The van der Waals surface area contributed by atoms with Crippen molar-refractivity contribution in [3.8, 4) is 0 Å². The molecule has 0 aromatic heterocycles. The fourth-order valence-corrected chi connectivity index (χ4v) is 3.73. The van der Waals surface area contributed by atoms with E-state index in [4.69, 9.17) is 18.0 Å². The van der Waals surface area contributed by atoms with Crippen molar-refractivity contribution in [3.63, 3.8) is 0 Å². The molecule has 1 aromatic rings. The number of hydrogen-bond acceptors (Lipinski definition) is 5. The standard InChI is InChI=1S/C11H16N2O4S3/c1-19(14,15)8-4-7-13-20(16,17)10-6-3-2-5-9(10)11(12)18/h2-3,5-6,13H,4,7-8H2,1H3,(H2,12,18). The molecule has 0 aliphatic rings. The summed E-state index contributed by atoms with van der Waals surface area (Å²) in [4.78, 5) is -0.0195. The molecule has 0 unspecified atom stereocenters. The predicted molar refractivity (Wildman–Crippen MR) is 81.8 cm³/mol. The molecule has 9 heteroatoms. The smallest absolute Gasteiger partial charge is 0.241 e. The number of nitrogens with two attached hydrogens (primary N) is 1. The molecule has 1 aromatic carbocycles. The van der Waals surface area contributed by atoms with Crippen LogP contribution in [-0.4, -0.2) is 40.4 Å². The number of nitrogens with one attached hydrogen (secondary N) is 1. The van der Waals surface area contributed by atoms with Crippen molar-refractivity contribution in [3.05, 3.63) is 29.8 Å². The fraction of sp³-hybridized carbons (Fsp3) is 0.364. The van der Waals surface area contributed by atoms with Gasteiger partial charge in [0.25, 0.3) is 0 Å². The normalized spacial score (nSPS) is 12.2. The van der Waals surface area contributed by atoms with E-state index in [1.54, 1.807) is 12.1 Å². The summed E-state index contributed by atoms with van der Waals surface area (Å²) in [7, 11) is -6.87. The highest BCUT2D eigenvalue weighted by Crippen LogP contribution is 2.15. The summed E-state index contributed by atoms with van der Waals surface area (Å²) in [5.41, 5.74) is 5.75. The lowest BCUT2D eigenvalue weighted by molar-refractivity contribution is 0.577. The molecule has 112 valence electrons. The molecule has 0 bridgehead atoms. The van der Waals surface area contributed by atoms with E-state index in [1.165, 1.54) is 12.1 Å². The van der Waals surface area contributed by atoms with Gasteiger partial charge in [-0.05, 0) is 12.5 Å². The van der Waals surface area contributed by atoms with Crippen LogP contribution in [0.15, 0.2) is 29.2 Å². The number of thiocarbonyl (C=S) groups is 1. The van der Waals surface area contributed by atoms with Crippen molar-refractivity contribution in [2.75, 3.05) is 18.6 Å². The topological polar surface area (TPSA) is 106 Å². The molecule has 0 spiro atoms. The average Bonchev–Trinajstić information content (AvgIpc) is 2.33. The maximum absolute atomic E-state index is 12.1. The Balaban J connectivity index is 2.82. The summed E-state index contributed by atoms with van der Waals surface area (Å²) >= 11 is 4.81. The summed E-state index contributed by atoms with van der Waals surface area (Å²) in [6.45, 7) is 0.0288. The Morgan fingerprint density at radius 1 is 1.25 bits per heavy atom. The summed E-state index contributed by atoms with van der Waals surface area (Å²) in [6.07, 6.45) is 1.30. The van der Waals surface area contributed by atoms with E-state index in [0.717, 1.165) is 6.26 Å². The molecule has 0 atom stereocenters. The highest BCUT2D eigenvalue weighted by molar-refractivity contribution is 7.90. The van der Waals surface area contributed by atoms with Crippen LogP contribution in [0.3, 0.4) is 0 Å². The Bertz CT molecular complexity index is 696. The van der Waals surface area contributed by atoms with Crippen LogP contribution in [0.4, 0.5) is 0 Å². The monoisotopic (exact) mass is 336 g/mol. The second-order valence-corrected chi connectivity index (χ2v) is 8.68. The molecule has 0 saturated heterocycles. The van der Waals surface area contributed by atoms with Crippen LogP contribution in [0.1, 0.15) is 12.0 Å². The lowest BCUT2D eigenvalue weighted by Crippen LogP contribution is -2.28. The van der Waals surface area contributed by atoms with Crippen molar-refractivity contribution in [1.82, 2.24) is 4.72 Å². The predicted octanol–water partition coefficient (Wildman–Crippen LogP) is 0.0338. The highest BCUT2D eigenvalue weighted by Gasteiger charge is 2.18. The molecule has 0 aliphatic carbocycles. The molecular formula is C11H16N2O4S3. The average molecular weight is 336 g/mol. The second-order valence-electron chi connectivity index (χ2n) is 4.24. The van der Waals surface area contributed by atoms with Crippen LogP contribution in [0.25, 0.3) is 0 Å². The number of rotatable bonds is 7. The number of sulfonamides is 1. The number of benzene rings is 1. The van der Waals surface area contributed by atoms with E-state index in [-0.39, 0.29) is 34.2 Å². The molecule has 0 aliphatic heterocycles. The van der Waals surface area contributed by atoms with Gasteiger partial charge in [-0.25, -0.2) is 21.6 Å². The molecule has 0 saturated carbocycles. The van der Waals surface area contributed by atoms with Crippen molar-refractivity contribution in [1.29, 1.82) is 0 Å². The lowest BCUT2D eigenvalue weighted by Gasteiger charge is -2.10. The minimum Gasteiger partial charge on any atom is -0.389 e. The molecule has 0 fully saturated rings. The van der Waals surface area contributed by atoms with E-state index >= 15 is 0 Å². The Hall–Kier alpha value is -1.03. The van der Waals surface area contributed by atoms with Crippen LogP contribution in [0.2, 0.25) is 0 Å². The quantitative estimate of drug-likeness (QED) is 0.538. The van der Waals surface area contributed by atoms with Crippen molar-refractivity contribution < 1.29 is 16.8 Å². The Morgan fingerprint density at radius 2 is 1.85 bits per heavy atom. The molecule has 3 N–H and O–H groups in total. The molecule has 0 heterocycles. The number of hydrogen-bond donors (Lipinski definition) is 2. The van der Waals surface area contributed by atoms with Gasteiger partial charge in [0.05, 0.1) is 10.6 Å². The lowest BCUT2D eigenvalue weighted by atomic mass is 10.2. The molecule has 6 nitrogen and oxygen atoms in total. The molecule has 0 radical (unpaired) electrons. The SMILES string of the molecule is CS(=O)(=O)CCCNS(=O)(=O)c1ccccc1C(N)=S. The van der Waals surface area contributed by atoms with Crippen LogP contribution in [0.5, 0.6) is 0 Å². The van der Waals surface area contributed by atoms with Crippen LogP contribution in [-0.2, 0) is 19.9 Å². The van der Waals surface area contributed by atoms with Gasteiger partial charge in [0.1, 0.15) is 14.8 Å². The van der Waals surface area contributed by atoms with Gasteiger partial charge in [-0.1, -0.05) is 30.4 Å². The largest absolute Gasteiger partial charge is 0.389 e. The van der Waals surface area contributed by atoms with Crippen LogP contribution >= 0.6 is 12.2 Å². The summed E-state index contributed by atoms with van der Waals surface area (Å²) in [5, 5.41) is 0. The third-order valence-corrected chi connectivity index (χ3v) is 5.20. The van der Waals surface area contributed by atoms with E-state index in [1.807, 2.05) is 0 Å². The maximum Gasteiger partial charge on any atom is 0.241 e. The van der Waals surface area contributed by atoms with Crippen molar-refractivity contribution in [2.45, 2.75) is 11.3 Å². The van der Waals surface area contributed by atoms with E-state index in [9.17, 15) is 16.8 Å². The summed E-state index contributed by atoms with van der Waals surface area (Å²) < 4.78 is 48.5. The van der Waals surface area contributed by atoms with E-state index in [0.29, 0.717) is 0 Å². The molecular weight excluding hydrogens is 320 g/mol. The first-order valence-electron chi connectivity index (χ1n) is 5.70. The molecule has 20 heavy (non-hydrogen) atoms. The van der Waals surface area contributed by atoms with Gasteiger partial charge in [-0.15, -0.1) is 0 Å². The van der Waals surface area contributed by atoms with Crippen LogP contribution < -0.4 is 10.5 Å². The zero-order chi connectivity index (χ0) is 15.4. The second kappa shape index (κ2) is 6.61. The third-order valence-electron chi connectivity index (χ3n) is 2.43. The molecule has 1 rings (SSSR count). The van der Waals surface area contributed by atoms with Crippen LogP contribution in [0, 0.1) is 0 Å². The zero-order valence-corrected chi connectivity index (χ0v) is 13.3. The Labute approximate surface area is 124 Å². The van der Waals surface area contributed by atoms with Gasteiger partial charge >= 0.3 is 0 Å². The van der Waals surface area contributed by atoms with Crippen molar-refractivity contribution >= 4 is 37.1 Å². The summed E-state index contributed by atoms with van der Waals surface area (Å²) in [5.74, 6) is -0.0769. The Kier molecular flexibility index (Phi) is 5.63. The van der Waals surface area contributed by atoms with Gasteiger partial charge in [0.15, 0.2) is 0 Å². The van der Waals surface area contributed by atoms with Gasteiger partial charge in [0, 0.05) is 18.4 Å².